The van der Waals surface area contributed by atoms with Crippen molar-refractivity contribution in [2.24, 2.45) is 5.92 Å². The van der Waals surface area contributed by atoms with Crippen LogP contribution < -0.4 is 25.6 Å². The third-order valence-corrected chi connectivity index (χ3v) is 4.50. The van der Waals surface area contributed by atoms with E-state index in [-0.39, 0.29) is 11.9 Å². The Morgan fingerprint density at radius 1 is 1.17 bits per heavy atom. The topological polar surface area (TPSA) is 82.7 Å². The van der Waals surface area contributed by atoms with E-state index >= 15 is 0 Å². The average molecular weight is 396 g/mol. The van der Waals surface area contributed by atoms with E-state index in [1.54, 1.807) is 0 Å². The molecule has 0 bridgehead atoms. The van der Waals surface area contributed by atoms with Crippen LogP contribution in [0.4, 0.5) is 16.2 Å². The minimum atomic E-state index is -0.289. The van der Waals surface area contributed by atoms with E-state index in [2.05, 4.69) is 29.8 Å². The molecule has 1 aliphatic heterocycles. The Hall–Kier alpha value is -3.22. The molecule has 3 rings (SSSR count). The molecule has 1 aliphatic rings. The Kier molecular flexibility index (Phi) is 6.94. The number of hydrogen-bond donors (Lipinski definition) is 3. The molecule has 0 unspecified atom stereocenters. The number of urea groups is 1. The van der Waals surface area contributed by atoms with Crippen molar-refractivity contribution >= 4 is 23.3 Å². The molecule has 2 aromatic carbocycles. The zero-order valence-corrected chi connectivity index (χ0v) is 16.9. The van der Waals surface area contributed by atoms with Crippen LogP contribution in [-0.2, 0) is 11.3 Å². The first-order valence-electron chi connectivity index (χ1n) is 9.88. The van der Waals surface area contributed by atoms with E-state index in [0.717, 1.165) is 17.8 Å². The number of amides is 3. The van der Waals surface area contributed by atoms with Gasteiger partial charge >= 0.3 is 6.03 Å². The Labute approximate surface area is 171 Å². The van der Waals surface area contributed by atoms with Crippen LogP contribution in [-0.4, -0.2) is 38.2 Å². The lowest BCUT2D eigenvalue weighted by atomic mass is 10.2. The van der Waals surface area contributed by atoms with Crippen molar-refractivity contribution in [3.8, 4) is 5.75 Å². The van der Waals surface area contributed by atoms with E-state index in [0.29, 0.717) is 43.6 Å². The Morgan fingerprint density at radius 2 is 1.93 bits per heavy atom. The maximum absolute atomic E-state index is 12.3. The summed E-state index contributed by atoms with van der Waals surface area (Å²) in [5.74, 6) is 1.10. The van der Waals surface area contributed by atoms with Crippen molar-refractivity contribution in [1.82, 2.24) is 10.6 Å². The molecule has 1 heterocycles. The van der Waals surface area contributed by atoms with E-state index < -0.39 is 0 Å². The van der Waals surface area contributed by atoms with Gasteiger partial charge in [-0.2, -0.15) is 0 Å². The second kappa shape index (κ2) is 9.82. The number of carbonyl (C=O) groups is 2. The van der Waals surface area contributed by atoms with Gasteiger partial charge in [-0.3, -0.25) is 4.79 Å². The standard InChI is InChI=1S/C22H28N4O3/c1-16(2)15-29-20-6-4-3-5-19(20)25-22(28)24-13-17-7-9-18(10-8-17)26-12-11-23-21(27)14-26/h3-10,16H,11-15H2,1-2H3,(H,23,27)(H2,24,25,28). The molecule has 3 amide bonds. The van der Waals surface area contributed by atoms with E-state index in [9.17, 15) is 9.59 Å². The van der Waals surface area contributed by atoms with E-state index in [1.807, 2.05) is 53.4 Å². The lowest BCUT2D eigenvalue weighted by molar-refractivity contribution is -0.120. The fourth-order valence-corrected chi connectivity index (χ4v) is 2.98. The minimum absolute atomic E-state index is 0.0383. The largest absolute Gasteiger partial charge is 0.491 e. The van der Waals surface area contributed by atoms with Gasteiger partial charge in [-0.15, -0.1) is 0 Å². The third-order valence-electron chi connectivity index (χ3n) is 4.50. The van der Waals surface area contributed by atoms with Gasteiger partial charge < -0.3 is 25.6 Å². The van der Waals surface area contributed by atoms with Gasteiger partial charge in [-0.25, -0.2) is 4.79 Å². The fourth-order valence-electron chi connectivity index (χ4n) is 2.98. The van der Waals surface area contributed by atoms with Crippen molar-refractivity contribution in [1.29, 1.82) is 0 Å². The quantitative estimate of drug-likeness (QED) is 0.672. The number of carbonyl (C=O) groups excluding carboxylic acids is 2. The monoisotopic (exact) mass is 396 g/mol. The van der Waals surface area contributed by atoms with Crippen LogP contribution in [0.3, 0.4) is 0 Å². The maximum Gasteiger partial charge on any atom is 0.319 e. The van der Waals surface area contributed by atoms with Gasteiger partial charge in [-0.05, 0) is 35.7 Å². The molecule has 1 fully saturated rings. The van der Waals surface area contributed by atoms with Gasteiger partial charge in [0.2, 0.25) is 5.91 Å². The van der Waals surface area contributed by atoms with Crippen LogP contribution in [0.1, 0.15) is 19.4 Å². The molecule has 0 saturated carbocycles. The van der Waals surface area contributed by atoms with Crippen LogP contribution in [0.15, 0.2) is 48.5 Å². The highest BCUT2D eigenvalue weighted by Crippen LogP contribution is 2.24. The van der Waals surface area contributed by atoms with Crippen LogP contribution in [0.25, 0.3) is 0 Å². The zero-order chi connectivity index (χ0) is 20.6. The molecule has 2 aromatic rings. The Bertz CT molecular complexity index is 836. The highest BCUT2D eigenvalue weighted by atomic mass is 16.5. The van der Waals surface area contributed by atoms with Crippen LogP contribution in [0.5, 0.6) is 5.75 Å². The number of anilines is 2. The van der Waals surface area contributed by atoms with E-state index in [1.165, 1.54) is 0 Å². The first kappa shape index (κ1) is 20.5. The van der Waals surface area contributed by atoms with Gasteiger partial charge in [0, 0.05) is 25.3 Å². The Morgan fingerprint density at radius 3 is 2.66 bits per heavy atom. The Balaban J connectivity index is 1.51. The van der Waals surface area contributed by atoms with E-state index in [4.69, 9.17) is 4.74 Å². The van der Waals surface area contributed by atoms with Gasteiger partial charge in [0.1, 0.15) is 5.75 Å². The van der Waals surface area contributed by atoms with Crippen molar-refractivity contribution in [3.63, 3.8) is 0 Å². The summed E-state index contributed by atoms with van der Waals surface area (Å²) in [4.78, 5) is 25.9. The SMILES string of the molecule is CC(C)COc1ccccc1NC(=O)NCc1ccc(N2CCNC(=O)C2)cc1. The molecule has 0 aliphatic carbocycles. The number of piperazine rings is 1. The summed E-state index contributed by atoms with van der Waals surface area (Å²) >= 11 is 0. The predicted octanol–water partition coefficient (Wildman–Crippen LogP) is 2.98. The highest BCUT2D eigenvalue weighted by molar-refractivity contribution is 5.90. The van der Waals surface area contributed by atoms with Crippen molar-refractivity contribution in [2.75, 3.05) is 36.5 Å². The zero-order valence-electron chi connectivity index (χ0n) is 16.9. The van der Waals surface area contributed by atoms with Gasteiger partial charge in [0.15, 0.2) is 0 Å². The fraction of sp³-hybridized carbons (Fsp3) is 0.364. The molecule has 0 aromatic heterocycles. The summed E-state index contributed by atoms with van der Waals surface area (Å²) in [5.41, 5.74) is 2.63. The predicted molar refractivity (Wildman–Crippen MR) is 114 cm³/mol. The highest BCUT2D eigenvalue weighted by Gasteiger charge is 2.16. The number of para-hydroxylation sites is 2. The lowest BCUT2D eigenvalue weighted by Gasteiger charge is -2.28. The summed E-state index contributed by atoms with van der Waals surface area (Å²) in [6.45, 7) is 6.97. The molecular weight excluding hydrogens is 368 g/mol. The number of benzene rings is 2. The second-order valence-corrected chi connectivity index (χ2v) is 7.45. The molecule has 154 valence electrons. The smallest absolute Gasteiger partial charge is 0.319 e. The average Bonchev–Trinajstić information content (AvgIpc) is 2.72. The molecule has 29 heavy (non-hydrogen) atoms. The third kappa shape index (κ3) is 6.14. The lowest BCUT2D eigenvalue weighted by Crippen LogP contribution is -2.47. The summed E-state index contributed by atoms with van der Waals surface area (Å²) in [7, 11) is 0. The summed E-state index contributed by atoms with van der Waals surface area (Å²) in [5, 5.41) is 8.53. The second-order valence-electron chi connectivity index (χ2n) is 7.45. The summed E-state index contributed by atoms with van der Waals surface area (Å²) < 4.78 is 5.77. The number of nitrogens with zero attached hydrogens (tertiary/aromatic N) is 1. The maximum atomic E-state index is 12.3. The molecule has 7 nitrogen and oxygen atoms in total. The molecule has 0 spiro atoms. The van der Waals surface area contributed by atoms with Crippen molar-refractivity contribution < 1.29 is 14.3 Å². The number of hydrogen-bond acceptors (Lipinski definition) is 4. The van der Waals surface area contributed by atoms with Crippen LogP contribution in [0.2, 0.25) is 0 Å². The number of nitrogens with one attached hydrogen (secondary N) is 3. The molecule has 7 heteroatoms. The van der Waals surface area contributed by atoms with Crippen molar-refractivity contribution in [3.05, 3.63) is 54.1 Å². The molecule has 0 radical (unpaired) electrons. The molecular formula is C22H28N4O3. The normalized spacial score (nSPS) is 13.8. The minimum Gasteiger partial charge on any atom is -0.491 e. The van der Waals surface area contributed by atoms with Gasteiger partial charge in [-0.1, -0.05) is 38.1 Å². The van der Waals surface area contributed by atoms with Crippen LogP contribution >= 0.6 is 0 Å². The number of ether oxygens (including phenoxy) is 1. The van der Waals surface area contributed by atoms with Crippen molar-refractivity contribution in [2.45, 2.75) is 20.4 Å². The number of rotatable bonds is 7. The van der Waals surface area contributed by atoms with Gasteiger partial charge in [0.25, 0.3) is 0 Å². The van der Waals surface area contributed by atoms with Crippen LogP contribution in [0, 0.1) is 5.92 Å². The first-order valence-corrected chi connectivity index (χ1v) is 9.88. The van der Waals surface area contributed by atoms with Gasteiger partial charge in [0.05, 0.1) is 18.8 Å². The molecule has 3 N–H and O–H groups in total. The molecule has 0 atom stereocenters. The summed E-state index contributed by atoms with van der Waals surface area (Å²) in [6.07, 6.45) is 0. The first-order chi connectivity index (χ1) is 14.0. The molecule has 1 saturated heterocycles. The summed E-state index contributed by atoms with van der Waals surface area (Å²) in [6, 6.07) is 15.0.